The summed E-state index contributed by atoms with van der Waals surface area (Å²) in [5.74, 6) is 0.00603. The number of hydrogen-bond acceptors (Lipinski definition) is 6. The Morgan fingerprint density at radius 1 is 1.00 bits per heavy atom. The van der Waals surface area contributed by atoms with Gasteiger partial charge in [-0.25, -0.2) is 13.8 Å². The van der Waals surface area contributed by atoms with E-state index in [-0.39, 0.29) is 17.3 Å². The molecule has 2 aromatic heterocycles. The monoisotopic (exact) mass is 387 g/mol. The van der Waals surface area contributed by atoms with Crippen LogP contribution in [0.5, 0.6) is 0 Å². The van der Waals surface area contributed by atoms with Crippen molar-refractivity contribution in [2.45, 2.75) is 11.0 Å². The molecule has 0 aliphatic rings. The summed E-state index contributed by atoms with van der Waals surface area (Å²) in [4.78, 5) is 4.53. The lowest BCUT2D eigenvalue weighted by Gasteiger charge is -1.96. The minimum absolute atomic E-state index is 0.149. The van der Waals surface area contributed by atoms with Crippen LogP contribution in [-0.2, 0) is 5.75 Å². The Labute approximate surface area is 155 Å². The molecule has 0 saturated carbocycles. The topological polar surface area (TPSA) is 51.8 Å². The van der Waals surface area contributed by atoms with Crippen molar-refractivity contribution >= 4 is 23.1 Å². The average molecular weight is 387 g/mol. The third kappa shape index (κ3) is 3.66. The quantitative estimate of drug-likeness (QED) is 0.427. The van der Waals surface area contributed by atoms with Gasteiger partial charge in [0.25, 0.3) is 11.1 Å². The third-order valence-electron chi connectivity index (χ3n) is 3.50. The van der Waals surface area contributed by atoms with Crippen LogP contribution in [-0.4, -0.2) is 15.2 Å². The third-order valence-corrected chi connectivity index (χ3v) is 5.29. The molecule has 4 rings (SSSR count). The lowest BCUT2D eigenvalue weighted by atomic mass is 10.2. The highest BCUT2D eigenvalue weighted by Gasteiger charge is 2.13. The molecule has 0 N–H and O–H groups in total. The highest BCUT2D eigenvalue weighted by molar-refractivity contribution is 7.98. The molecular weight excluding hydrogens is 376 g/mol. The highest BCUT2D eigenvalue weighted by Crippen LogP contribution is 2.29. The molecule has 2 aromatic carbocycles. The van der Waals surface area contributed by atoms with Crippen LogP contribution in [0.1, 0.15) is 5.69 Å². The van der Waals surface area contributed by atoms with Crippen molar-refractivity contribution in [1.82, 2.24) is 15.2 Å². The molecule has 4 nitrogen and oxygen atoms in total. The SMILES string of the molecule is Fc1ccc(-c2nc(CSc3nnc(-c4ccccc4F)o3)cs2)cc1. The smallest absolute Gasteiger partial charge is 0.277 e. The fourth-order valence-corrected chi connectivity index (χ4v) is 3.83. The number of benzene rings is 2. The summed E-state index contributed by atoms with van der Waals surface area (Å²) in [5, 5.41) is 10.9. The molecule has 0 aliphatic carbocycles. The van der Waals surface area contributed by atoms with Gasteiger partial charge in [-0.2, -0.15) is 0 Å². The van der Waals surface area contributed by atoms with Crippen molar-refractivity contribution < 1.29 is 13.2 Å². The van der Waals surface area contributed by atoms with Gasteiger partial charge in [-0.1, -0.05) is 23.9 Å². The predicted molar refractivity (Wildman–Crippen MR) is 96.8 cm³/mol. The molecule has 0 radical (unpaired) electrons. The molecule has 0 amide bonds. The lowest BCUT2D eigenvalue weighted by Crippen LogP contribution is -1.82. The number of halogens is 2. The van der Waals surface area contributed by atoms with Crippen LogP contribution >= 0.6 is 23.1 Å². The molecule has 0 fully saturated rings. The van der Waals surface area contributed by atoms with Gasteiger partial charge in [0.15, 0.2) is 0 Å². The van der Waals surface area contributed by atoms with E-state index >= 15 is 0 Å². The van der Waals surface area contributed by atoms with E-state index in [4.69, 9.17) is 4.42 Å². The largest absolute Gasteiger partial charge is 0.411 e. The van der Waals surface area contributed by atoms with Gasteiger partial charge in [-0.05, 0) is 36.4 Å². The Bertz CT molecular complexity index is 1030. The summed E-state index contributed by atoms with van der Waals surface area (Å²) in [6, 6.07) is 12.5. The van der Waals surface area contributed by atoms with Crippen LogP contribution in [0.25, 0.3) is 22.0 Å². The van der Waals surface area contributed by atoms with Crippen molar-refractivity contribution in [2.75, 3.05) is 0 Å². The Hall–Kier alpha value is -2.58. The van der Waals surface area contributed by atoms with Gasteiger partial charge in [0.05, 0.1) is 11.3 Å². The van der Waals surface area contributed by atoms with E-state index in [1.54, 1.807) is 30.3 Å². The van der Waals surface area contributed by atoms with Gasteiger partial charge >= 0.3 is 0 Å². The number of thiazole rings is 1. The van der Waals surface area contributed by atoms with E-state index in [1.807, 2.05) is 5.38 Å². The lowest BCUT2D eigenvalue weighted by molar-refractivity contribution is 0.462. The molecule has 0 atom stereocenters. The van der Waals surface area contributed by atoms with E-state index in [2.05, 4.69) is 15.2 Å². The zero-order valence-electron chi connectivity index (χ0n) is 13.2. The number of aromatic nitrogens is 3. The van der Waals surface area contributed by atoms with Gasteiger partial charge in [0.2, 0.25) is 0 Å². The Morgan fingerprint density at radius 2 is 1.81 bits per heavy atom. The molecular formula is C18H11F2N3OS2. The summed E-state index contributed by atoms with van der Waals surface area (Å²) < 4.78 is 32.3. The first-order chi connectivity index (χ1) is 12.7. The van der Waals surface area contributed by atoms with E-state index in [1.165, 1.54) is 41.3 Å². The zero-order chi connectivity index (χ0) is 17.9. The number of hydrogen-bond donors (Lipinski definition) is 0. The molecule has 0 unspecified atom stereocenters. The van der Waals surface area contributed by atoms with E-state index in [0.29, 0.717) is 11.0 Å². The number of thioether (sulfide) groups is 1. The molecule has 130 valence electrons. The van der Waals surface area contributed by atoms with E-state index < -0.39 is 5.82 Å². The first-order valence-electron chi connectivity index (χ1n) is 7.60. The van der Waals surface area contributed by atoms with E-state index in [0.717, 1.165) is 16.3 Å². The minimum Gasteiger partial charge on any atom is -0.411 e. The normalized spacial score (nSPS) is 11.0. The fraction of sp³-hybridized carbons (Fsp3) is 0.0556. The maximum atomic E-state index is 13.8. The number of nitrogens with zero attached hydrogens (tertiary/aromatic N) is 3. The van der Waals surface area contributed by atoms with Crippen LogP contribution < -0.4 is 0 Å². The van der Waals surface area contributed by atoms with E-state index in [9.17, 15) is 8.78 Å². The van der Waals surface area contributed by atoms with Gasteiger partial charge in [-0.15, -0.1) is 21.5 Å². The maximum Gasteiger partial charge on any atom is 0.277 e. The van der Waals surface area contributed by atoms with Crippen molar-refractivity contribution in [3.05, 3.63) is 71.2 Å². The van der Waals surface area contributed by atoms with Crippen LogP contribution in [0.2, 0.25) is 0 Å². The highest BCUT2D eigenvalue weighted by atomic mass is 32.2. The number of rotatable bonds is 5. The van der Waals surface area contributed by atoms with Crippen molar-refractivity contribution in [3.63, 3.8) is 0 Å². The predicted octanol–water partition coefficient (Wildman–Crippen LogP) is 5.43. The summed E-state index contributed by atoms with van der Waals surface area (Å²) >= 11 is 2.81. The molecule has 8 heteroatoms. The fourth-order valence-electron chi connectivity index (χ4n) is 2.25. The van der Waals surface area contributed by atoms with Crippen molar-refractivity contribution in [1.29, 1.82) is 0 Å². The molecule has 0 saturated heterocycles. The van der Waals surface area contributed by atoms with Gasteiger partial charge in [0.1, 0.15) is 16.6 Å². The molecule has 0 spiro atoms. The van der Waals surface area contributed by atoms with Crippen LogP contribution in [0.4, 0.5) is 8.78 Å². The second-order valence-electron chi connectivity index (χ2n) is 5.29. The average Bonchev–Trinajstić information content (AvgIpc) is 3.30. The standard InChI is InChI=1S/C18H11F2N3OS2/c19-12-7-5-11(6-8-12)17-21-13(9-25-17)10-26-18-23-22-16(24-18)14-3-1-2-4-15(14)20/h1-9H,10H2. The molecule has 26 heavy (non-hydrogen) atoms. The van der Waals surface area contributed by atoms with Gasteiger partial charge in [0, 0.05) is 16.7 Å². The van der Waals surface area contributed by atoms with Crippen LogP contribution in [0, 0.1) is 11.6 Å². The summed E-state index contributed by atoms with van der Waals surface area (Å²) in [5.41, 5.74) is 2.00. The maximum absolute atomic E-state index is 13.8. The Balaban J connectivity index is 1.44. The molecule has 2 heterocycles. The van der Waals surface area contributed by atoms with Crippen molar-refractivity contribution in [3.8, 4) is 22.0 Å². The molecule has 4 aromatic rings. The Kier molecular flexibility index (Phi) is 4.77. The molecule has 0 aliphatic heterocycles. The minimum atomic E-state index is -0.406. The summed E-state index contributed by atoms with van der Waals surface area (Å²) in [6.07, 6.45) is 0. The second-order valence-corrected chi connectivity index (χ2v) is 7.08. The summed E-state index contributed by atoms with van der Waals surface area (Å²) in [7, 11) is 0. The van der Waals surface area contributed by atoms with Crippen LogP contribution in [0.15, 0.2) is 63.6 Å². The van der Waals surface area contributed by atoms with Crippen LogP contribution in [0.3, 0.4) is 0 Å². The first-order valence-corrected chi connectivity index (χ1v) is 9.47. The first kappa shape index (κ1) is 16.9. The van der Waals surface area contributed by atoms with Gasteiger partial charge < -0.3 is 4.42 Å². The Morgan fingerprint density at radius 3 is 2.62 bits per heavy atom. The van der Waals surface area contributed by atoms with Crippen molar-refractivity contribution in [2.24, 2.45) is 0 Å². The summed E-state index contributed by atoms with van der Waals surface area (Å²) in [6.45, 7) is 0. The second kappa shape index (κ2) is 7.35. The van der Waals surface area contributed by atoms with Gasteiger partial charge in [-0.3, -0.25) is 0 Å². The zero-order valence-corrected chi connectivity index (χ0v) is 14.9. The molecule has 0 bridgehead atoms.